The second-order valence-electron chi connectivity index (χ2n) is 7.81. The Morgan fingerprint density at radius 1 is 1.38 bits per heavy atom. The van der Waals surface area contributed by atoms with Gasteiger partial charge in [0.2, 0.25) is 11.9 Å². The fourth-order valence-electron chi connectivity index (χ4n) is 3.91. The number of aliphatic hydroxyl groups excluding tert-OH is 1. The van der Waals surface area contributed by atoms with E-state index in [0.29, 0.717) is 43.4 Å². The van der Waals surface area contributed by atoms with Crippen LogP contribution in [-0.4, -0.2) is 71.9 Å². The lowest BCUT2D eigenvalue weighted by Gasteiger charge is -2.43. The number of unbranched alkanes of at least 4 members (excludes halogenated alkanes) is 1. The van der Waals surface area contributed by atoms with Crippen molar-refractivity contribution in [3.63, 3.8) is 0 Å². The summed E-state index contributed by atoms with van der Waals surface area (Å²) in [7, 11) is 1.75. The molecule has 3 atom stereocenters. The molecule has 2 aromatic heterocycles. The van der Waals surface area contributed by atoms with Crippen molar-refractivity contribution in [2.45, 2.75) is 62.8 Å². The van der Waals surface area contributed by atoms with Crippen LogP contribution < -0.4 is 17.2 Å². The van der Waals surface area contributed by atoms with Gasteiger partial charge in [-0.1, -0.05) is 0 Å². The van der Waals surface area contributed by atoms with Crippen molar-refractivity contribution in [3.05, 3.63) is 6.33 Å². The zero-order valence-corrected chi connectivity index (χ0v) is 16.7. The minimum Gasteiger partial charge on any atom is -0.390 e. The molecule has 0 saturated heterocycles. The molecule has 0 aliphatic heterocycles. The van der Waals surface area contributed by atoms with Gasteiger partial charge in [-0.2, -0.15) is 9.97 Å². The van der Waals surface area contributed by atoms with Gasteiger partial charge in [0.15, 0.2) is 11.5 Å². The minimum atomic E-state index is -1.37. The summed E-state index contributed by atoms with van der Waals surface area (Å²) in [6, 6.07) is -0.121. The van der Waals surface area contributed by atoms with Crippen molar-refractivity contribution in [3.8, 4) is 0 Å². The van der Waals surface area contributed by atoms with E-state index in [9.17, 15) is 15.0 Å². The third kappa shape index (κ3) is 4.41. The molecule has 0 radical (unpaired) electrons. The number of carbonyl (C=O) groups is 1. The number of anilines is 2. The maximum atomic E-state index is 12.3. The van der Waals surface area contributed by atoms with Gasteiger partial charge in [0, 0.05) is 19.5 Å². The van der Waals surface area contributed by atoms with E-state index in [1.165, 1.54) is 6.33 Å². The molecular weight excluding hydrogens is 376 g/mol. The van der Waals surface area contributed by atoms with Crippen molar-refractivity contribution < 1.29 is 15.0 Å². The normalized spacial score (nSPS) is 24.7. The Morgan fingerprint density at radius 3 is 2.83 bits per heavy atom. The molecule has 0 spiro atoms. The van der Waals surface area contributed by atoms with Crippen LogP contribution >= 0.6 is 0 Å². The molecule has 1 aliphatic rings. The van der Waals surface area contributed by atoms with Crippen LogP contribution in [0, 0.1) is 0 Å². The number of hydrogen-bond acceptors (Lipinski definition) is 9. The van der Waals surface area contributed by atoms with Crippen molar-refractivity contribution in [1.29, 1.82) is 0 Å². The number of aliphatic hydroxyl groups is 2. The topological polar surface area (TPSA) is 182 Å². The summed E-state index contributed by atoms with van der Waals surface area (Å²) in [5.41, 5.74) is 16.4. The first-order valence-electron chi connectivity index (χ1n) is 9.85. The summed E-state index contributed by atoms with van der Waals surface area (Å²) in [6.45, 7) is 0.652. The van der Waals surface area contributed by atoms with E-state index >= 15 is 0 Å². The highest BCUT2D eigenvalue weighted by Gasteiger charge is 2.43. The molecule has 1 fully saturated rings. The van der Waals surface area contributed by atoms with Gasteiger partial charge in [-0.05, 0) is 38.6 Å². The first kappa shape index (κ1) is 21.2. The van der Waals surface area contributed by atoms with Gasteiger partial charge in [-0.3, -0.25) is 4.79 Å². The first-order chi connectivity index (χ1) is 13.7. The van der Waals surface area contributed by atoms with Crippen LogP contribution in [0.25, 0.3) is 11.2 Å². The molecule has 1 saturated carbocycles. The van der Waals surface area contributed by atoms with Crippen LogP contribution in [0.4, 0.5) is 11.8 Å². The maximum Gasteiger partial charge on any atom is 0.224 e. The molecule has 11 nitrogen and oxygen atoms in total. The highest BCUT2D eigenvalue weighted by molar-refractivity contribution is 5.82. The predicted molar refractivity (Wildman–Crippen MR) is 108 cm³/mol. The van der Waals surface area contributed by atoms with Crippen molar-refractivity contribution in [2.75, 3.05) is 25.1 Å². The van der Waals surface area contributed by atoms with Gasteiger partial charge in [0.25, 0.3) is 0 Å². The molecule has 3 rings (SSSR count). The number of nitrogens with two attached hydrogens (primary N) is 3. The average molecular weight is 406 g/mol. The maximum absolute atomic E-state index is 12.3. The molecular formula is C18H30N8O3. The highest BCUT2D eigenvalue weighted by atomic mass is 16.3. The highest BCUT2D eigenvalue weighted by Crippen LogP contribution is 2.33. The first-order valence-corrected chi connectivity index (χ1v) is 9.85. The Morgan fingerprint density at radius 2 is 2.14 bits per heavy atom. The second kappa shape index (κ2) is 8.47. The Hall–Kier alpha value is -2.50. The number of rotatable bonds is 7. The molecule has 160 valence electrons. The van der Waals surface area contributed by atoms with E-state index in [1.807, 2.05) is 0 Å². The Labute approximate surface area is 168 Å². The Balaban J connectivity index is 1.68. The van der Waals surface area contributed by atoms with Crippen LogP contribution in [0.1, 0.15) is 38.5 Å². The van der Waals surface area contributed by atoms with E-state index in [2.05, 4.69) is 15.0 Å². The van der Waals surface area contributed by atoms with Gasteiger partial charge in [-0.15, -0.1) is 0 Å². The summed E-state index contributed by atoms with van der Waals surface area (Å²) in [5.74, 6) is 0.212. The summed E-state index contributed by atoms with van der Waals surface area (Å²) in [5, 5.41) is 21.8. The van der Waals surface area contributed by atoms with Gasteiger partial charge in [0.1, 0.15) is 11.1 Å². The SMILES string of the molecule is CN(C(=O)CCCCN)[C@H]1CC[C@@](O)(Cn2cnc3c(N)nc(N)nc32)[C@H](O)C1. The van der Waals surface area contributed by atoms with E-state index in [-0.39, 0.29) is 30.3 Å². The summed E-state index contributed by atoms with van der Waals surface area (Å²) in [4.78, 5) is 26.2. The summed E-state index contributed by atoms with van der Waals surface area (Å²) >= 11 is 0. The zero-order chi connectivity index (χ0) is 21.2. The molecule has 0 aromatic carbocycles. The number of nitrogens with zero attached hydrogens (tertiary/aromatic N) is 5. The van der Waals surface area contributed by atoms with Crippen LogP contribution in [-0.2, 0) is 11.3 Å². The van der Waals surface area contributed by atoms with Gasteiger partial charge in [0.05, 0.1) is 19.0 Å². The van der Waals surface area contributed by atoms with Crippen molar-refractivity contribution >= 4 is 28.8 Å². The number of aromatic nitrogens is 4. The predicted octanol–water partition coefficient (Wildman–Crippen LogP) is -0.777. The van der Waals surface area contributed by atoms with E-state index < -0.39 is 11.7 Å². The lowest BCUT2D eigenvalue weighted by molar-refractivity contribution is -0.143. The third-order valence-corrected chi connectivity index (χ3v) is 5.76. The quantitative estimate of drug-likeness (QED) is 0.368. The fraction of sp³-hybridized carbons (Fsp3) is 0.667. The molecule has 8 N–H and O–H groups in total. The number of fused-ring (bicyclic) bond motifs is 1. The fourth-order valence-corrected chi connectivity index (χ4v) is 3.91. The molecule has 0 bridgehead atoms. The number of nitrogen functional groups attached to an aromatic ring is 2. The largest absolute Gasteiger partial charge is 0.390 e. The Kier molecular flexibility index (Phi) is 6.20. The molecule has 11 heteroatoms. The lowest BCUT2D eigenvalue weighted by atomic mass is 9.79. The van der Waals surface area contributed by atoms with Crippen LogP contribution in [0.2, 0.25) is 0 Å². The van der Waals surface area contributed by atoms with Crippen LogP contribution in [0.15, 0.2) is 6.33 Å². The lowest BCUT2D eigenvalue weighted by Crippen LogP contribution is -2.54. The van der Waals surface area contributed by atoms with E-state index in [0.717, 1.165) is 12.8 Å². The summed E-state index contributed by atoms with van der Waals surface area (Å²) < 4.78 is 1.62. The smallest absolute Gasteiger partial charge is 0.224 e. The standard InChI is InChI=1S/C18H30N8O3/c1-25(13(28)4-2-3-7-19)11-5-6-18(29,12(27)8-11)9-26-10-22-14-15(20)23-17(21)24-16(14)26/h10-12,27,29H,2-9,19H2,1H3,(H4,20,21,23,24)/t11-,12+,18+/m0/s1. The van der Waals surface area contributed by atoms with E-state index in [1.54, 1.807) is 16.5 Å². The van der Waals surface area contributed by atoms with E-state index in [4.69, 9.17) is 17.2 Å². The molecule has 1 aliphatic carbocycles. The van der Waals surface area contributed by atoms with Gasteiger partial charge < -0.3 is 36.9 Å². The molecule has 29 heavy (non-hydrogen) atoms. The number of hydrogen-bond donors (Lipinski definition) is 5. The molecule has 1 amide bonds. The summed E-state index contributed by atoms with van der Waals surface area (Å²) in [6.07, 6.45) is 3.70. The van der Waals surface area contributed by atoms with Crippen molar-refractivity contribution in [1.82, 2.24) is 24.4 Å². The number of imidazole rings is 1. The number of amides is 1. The van der Waals surface area contributed by atoms with Gasteiger partial charge in [-0.25, -0.2) is 4.98 Å². The molecule has 2 heterocycles. The molecule has 2 aromatic rings. The molecule has 0 unspecified atom stereocenters. The van der Waals surface area contributed by atoms with Crippen LogP contribution in [0.3, 0.4) is 0 Å². The third-order valence-electron chi connectivity index (χ3n) is 5.76. The average Bonchev–Trinajstić information content (AvgIpc) is 3.06. The Bertz CT molecular complexity index is 872. The van der Waals surface area contributed by atoms with Crippen LogP contribution in [0.5, 0.6) is 0 Å². The minimum absolute atomic E-state index is 0.0165. The van der Waals surface area contributed by atoms with Crippen molar-refractivity contribution in [2.24, 2.45) is 5.73 Å². The monoisotopic (exact) mass is 406 g/mol. The van der Waals surface area contributed by atoms with Gasteiger partial charge >= 0.3 is 0 Å². The number of carbonyl (C=O) groups excluding carboxylic acids is 1. The second-order valence-corrected chi connectivity index (χ2v) is 7.81. The zero-order valence-electron chi connectivity index (χ0n) is 16.7.